The Morgan fingerprint density at radius 1 is 1.40 bits per heavy atom. The summed E-state index contributed by atoms with van der Waals surface area (Å²) in [6.07, 6.45) is 7.39. The van der Waals surface area contributed by atoms with Gasteiger partial charge in [-0.05, 0) is 37.8 Å². The predicted molar refractivity (Wildman–Crippen MR) is 115 cm³/mol. The maximum atomic E-state index is 12.3. The molecule has 162 valence electrons. The molecule has 0 aromatic carbocycles. The van der Waals surface area contributed by atoms with Crippen molar-refractivity contribution in [2.24, 2.45) is 5.92 Å². The zero-order valence-electron chi connectivity index (χ0n) is 17.9. The van der Waals surface area contributed by atoms with Crippen LogP contribution >= 0.6 is 11.3 Å². The quantitative estimate of drug-likeness (QED) is 0.730. The second-order valence-corrected chi connectivity index (χ2v) is 10.3. The van der Waals surface area contributed by atoms with Crippen LogP contribution < -0.4 is 0 Å². The molecule has 1 spiro atoms. The van der Waals surface area contributed by atoms with Gasteiger partial charge < -0.3 is 14.5 Å². The maximum Gasteiger partial charge on any atom is 0.244 e. The van der Waals surface area contributed by atoms with Gasteiger partial charge in [-0.2, -0.15) is 5.10 Å². The highest BCUT2D eigenvalue weighted by atomic mass is 32.1. The summed E-state index contributed by atoms with van der Waals surface area (Å²) in [5.74, 6) is 0.701. The summed E-state index contributed by atoms with van der Waals surface area (Å²) in [6, 6.07) is 2.92. The second kappa shape index (κ2) is 8.05. The summed E-state index contributed by atoms with van der Waals surface area (Å²) in [6.45, 7) is 9.58. The summed E-state index contributed by atoms with van der Waals surface area (Å²) >= 11 is 1.99. The van der Waals surface area contributed by atoms with Crippen LogP contribution in [0.1, 0.15) is 42.0 Å². The number of aryl methyl sites for hydroxylation is 1. The van der Waals surface area contributed by atoms with Crippen molar-refractivity contribution in [1.29, 1.82) is 0 Å². The van der Waals surface area contributed by atoms with Gasteiger partial charge in [0.05, 0.1) is 12.2 Å². The third-order valence-corrected chi connectivity index (χ3v) is 8.36. The van der Waals surface area contributed by atoms with Gasteiger partial charge in [0.1, 0.15) is 19.2 Å². The van der Waals surface area contributed by atoms with Crippen LogP contribution in [0.3, 0.4) is 0 Å². The van der Waals surface area contributed by atoms with Crippen LogP contribution in [0.25, 0.3) is 0 Å². The summed E-state index contributed by atoms with van der Waals surface area (Å²) in [7, 11) is 0. The van der Waals surface area contributed by atoms with E-state index in [4.69, 9.17) is 4.74 Å². The van der Waals surface area contributed by atoms with Gasteiger partial charge in [0.2, 0.25) is 5.91 Å². The lowest BCUT2D eigenvalue weighted by Crippen LogP contribution is -2.58. The molecule has 0 aliphatic carbocycles. The molecule has 5 heterocycles. The molecule has 2 aromatic rings. The second-order valence-electron chi connectivity index (χ2n) is 9.05. The number of ether oxygens (including phenoxy) is 1. The Kier molecular flexibility index (Phi) is 5.41. The molecule has 7 nitrogen and oxygen atoms in total. The number of hydrogen-bond donors (Lipinski definition) is 0. The molecule has 2 saturated heterocycles. The Hall–Kier alpha value is -1.77. The minimum absolute atomic E-state index is 0.0766. The average Bonchev–Trinajstić information content (AvgIpc) is 3.36. The number of nitrogens with zero attached hydrogens (tertiary/aromatic N) is 5. The van der Waals surface area contributed by atoms with Gasteiger partial charge >= 0.3 is 0 Å². The lowest BCUT2D eigenvalue weighted by atomic mass is 9.79. The van der Waals surface area contributed by atoms with E-state index in [1.807, 2.05) is 16.2 Å². The van der Waals surface area contributed by atoms with Crippen molar-refractivity contribution in [3.05, 3.63) is 34.0 Å². The van der Waals surface area contributed by atoms with E-state index in [9.17, 15) is 4.79 Å². The van der Waals surface area contributed by atoms with E-state index < -0.39 is 0 Å². The Labute approximate surface area is 182 Å². The minimum Gasteiger partial charge on any atom is -0.370 e. The molecule has 0 saturated carbocycles. The average molecular weight is 430 g/mol. The largest absolute Gasteiger partial charge is 0.370 e. The summed E-state index contributed by atoms with van der Waals surface area (Å²) < 4.78 is 8.06. The molecule has 0 unspecified atom stereocenters. The Morgan fingerprint density at radius 2 is 2.27 bits per heavy atom. The monoisotopic (exact) mass is 429 g/mol. The number of fused-ring (bicyclic) bond motifs is 2. The number of likely N-dealkylation sites (tertiary alicyclic amines) is 2. The van der Waals surface area contributed by atoms with Gasteiger partial charge in [-0.3, -0.25) is 4.79 Å². The van der Waals surface area contributed by atoms with Crippen LogP contribution in [0.5, 0.6) is 0 Å². The number of carbonyl (C=O) groups excluding carboxylic acids is 1. The first-order valence-electron chi connectivity index (χ1n) is 11.2. The molecule has 0 N–H and O–H groups in total. The Bertz CT molecular complexity index is 891. The molecular weight excluding hydrogens is 398 g/mol. The van der Waals surface area contributed by atoms with E-state index in [-0.39, 0.29) is 18.1 Å². The van der Waals surface area contributed by atoms with Crippen LogP contribution in [-0.4, -0.2) is 69.3 Å². The fraction of sp³-hybridized carbons (Fsp3) is 0.682. The first-order valence-corrected chi connectivity index (χ1v) is 12.0. The van der Waals surface area contributed by atoms with E-state index in [1.165, 1.54) is 16.8 Å². The Morgan fingerprint density at radius 3 is 3.00 bits per heavy atom. The molecule has 2 aromatic heterocycles. The van der Waals surface area contributed by atoms with Crippen LogP contribution in [0.2, 0.25) is 0 Å². The third kappa shape index (κ3) is 3.69. The minimum atomic E-state index is -0.0766. The maximum absolute atomic E-state index is 12.3. The van der Waals surface area contributed by atoms with E-state index in [0.717, 1.165) is 58.5 Å². The van der Waals surface area contributed by atoms with Crippen molar-refractivity contribution in [3.8, 4) is 0 Å². The number of hydrogen-bond acceptors (Lipinski definition) is 6. The highest BCUT2D eigenvalue weighted by molar-refractivity contribution is 7.12. The predicted octanol–water partition coefficient (Wildman–Crippen LogP) is 2.31. The first kappa shape index (κ1) is 20.2. The highest BCUT2D eigenvalue weighted by Gasteiger charge is 2.45. The molecule has 3 aliphatic heterocycles. The topological polar surface area (TPSA) is 63.5 Å². The number of carbonyl (C=O) groups is 1. The van der Waals surface area contributed by atoms with Gasteiger partial charge in [-0.1, -0.05) is 6.92 Å². The highest BCUT2D eigenvalue weighted by Crippen LogP contribution is 2.46. The lowest BCUT2D eigenvalue weighted by molar-refractivity contribution is -0.140. The van der Waals surface area contributed by atoms with Gasteiger partial charge in [-0.25, -0.2) is 9.67 Å². The van der Waals surface area contributed by atoms with E-state index in [0.29, 0.717) is 12.0 Å². The van der Waals surface area contributed by atoms with Crippen molar-refractivity contribution in [2.75, 3.05) is 32.8 Å². The van der Waals surface area contributed by atoms with E-state index in [1.54, 1.807) is 15.9 Å². The van der Waals surface area contributed by atoms with Crippen molar-refractivity contribution in [3.63, 3.8) is 0 Å². The van der Waals surface area contributed by atoms with Crippen molar-refractivity contribution < 1.29 is 9.53 Å². The molecule has 2 atom stereocenters. The van der Waals surface area contributed by atoms with Crippen LogP contribution in [0.15, 0.2) is 18.7 Å². The zero-order chi connectivity index (χ0) is 20.7. The summed E-state index contributed by atoms with van der Waals surface area (Å²) in [4.78, 5) is 23.8. The van der Waals surface area contributed by atoms with Crippen molar-refractivity contribution in [2.45, 2.75) is 57.7 Å². The van der Waals surface area contributed by atoms with Gasteiger partial charge in [0.15, 0.2) is 0 Å². The molecule has 8 heteroatoms. The molecule has 0 bridgehead atoms. The molecule has 3 aliphatic rings. The Balaban J connectivity index is 1.15. The van der Waals surface area contributed by atoms with E-state index >= 15 is 0 Å². The molecule has 5 rings (SSSR count). The SMILES string of the molecule is CCc1cc2c(s1)CCO[C@@]21CCN(CC2CN(C(=O)Cn3cncn3)C2)[C@@H](C)C1. The first-order chi connectivity index (χ1) is 14.6. The number of piperidine rings is 1. The summed E-state index contributed by atoms with van der Waals surface area (Å²) in [5.41, 5.74) is 1.41. The molecule has 2 fully saturated rings. The number of aromatic nitrogens is 3. The van der Waals surface area contributed by atoms with Crippen molar-refractivity contribution >= 4 is 17.2 Å². The fourth-order valence-electron chi connectivity index (χ4n) is 5.32. The fourth-order valence-corrected chi connectivity index (χ4v) is 6.50. The van der Waals surface area contributed by atoms with Crippen molar-refractivity contribution in [1.82, 2.24) is 24.6 Å². The van der Waals surface area contributed by atoms with E-state index in [2.05, 4.69) is 34.9 Å². The van der Waals surface area contributed by atoms with Crippen LogP contribution in [0.4, 0.5) is 0 Å². The normalized spacial score (nSPS) is 27.3. The smallest absolute Gasteiger partial charge is 0.244 e. The number of amides is 1. The number of thiophene rings is 1. The standard InChI is InChI=1S/C22H31N5O2S/c1-3-18-8-19-20(30-18)4-7-29-22(19)5-6-25(16(2)9-22)10-17-11-26(12-17)21(28)13-27-15-23-14-24-27/h8,14-17H,3-7,9-13H2,1-2H3/t16-,22+/m0/s1. The molecule has 0 radical (unpaired) electrons. The van der Waals surface area contributed by atoms with Crippen LogP contribution in [-0.2, 0) is 34.5 Å². The molecular formula is C22H31N5O2S. The van der Waals surface area contributed by atoms with Crippen LogP contribution in [0, 0.1) is 5.92 Å². The number of rotatable bonds is 5. The third-order valence-electron chi connectivity index (χ3n) is 7.02. The summed E-state index contributed by atoms with van der Waals surface area (Å²) in [5, 5.41) is 4.02. The molecule has 30 heavy (non-hydrogen) atoms. The van der Waals surface area contributed by atoms with Gasteiger partial charge in [0, 0.05) is 54.3 Å². The zero-order valence-corrected chi connectivity index (χ0v) is 18.7. The van der Waals surface area contributed by atoms with Gasteiger partial charge in [-0.15, -0.1) is 11.3 Å². The molecule has 1 amide bonds. The lowest BCUT2D eigenvalue weighted by Gasteiger charge is -2.49. The van der Waals surface area contributed by atoms with Gasteiger partial charge in [0.25, 0.3) is 0 Å².